The fourth-order valence-corrected chi connectivity index (χ4v) is 6.20. The lowest BCUT2D eigenvalue weighted by molar-refractivity contribution is -0.133. The zero-order chi connectivity index (χ0) is 29.8. The Labute approximate surface area is 252 Å². The summed E-state index contributed by atoms with van der Waals surface area (Å²) in [5, 5.41) is 2.96. The maximum atomic E-state index is 13.8. The lowest BCUT2D eigenvalue weighted by Gasteiger charge is -2.38. The van der Waals surface area contributed by atoms with Gasteiger partial charge >= 0.3 is 0 Å². The number of piperidine rings is 1. The van der Waals surface area contributed by atoms with Crippen molar-refractivity contribution >= 4 is 29.1 Å². The van der Waals surface area contributed by atoms with Gasteiger partial charge in [0.15, 0.2) is 11.5 Å². The summed E-state index contributed by atoms with van der Waals surface area (Å²) in [6.45, 7) is 6.07. The van der Waals surface area contributed by atoms with Gasteiger partial charge in [-0.1, -0.05) is 37.3 Å². The van der Waals surface area contributed by atoms with Crippen molar-refractivity contribution in [1.29, 1.82) is 0 Å². The molecule has 3 amide bonds. The largest absolute Gasteiger partial charge is 0.454 e. The van der Waals surface area contributed by atoms with E-state index in [9.17, 15) is 14.4 Å². The second-order valence-corrected chi connectivity index (χ2v) is 11.3. The van der Waals surface area contributed by atoms with E-state index in [1.54, 1.807) is 24.3 Å². The molecule has 3 aliphatic heterocycles. The maximum absolute atomic E-state index is 13.8. The van der Waals surface area contributed by atoms with Crippen molar-refractivity contribution in [3.63, 3.8) is 0 Å². The Kier molecular flexibility index (Phi) is 8.49. The van der Waals surface area contributed by atoms with Crippen molar-refractivity contribution in [2.75, 3.05) is 56.3 Å². The number of anilines is 2. The number of likely N-dealkylation sites (tertiary alicyclic amines) is 1. The van der Waals surface area contributed by atoms with Gasteiger partial charge in [0.1, 0.15) is 0 Å². The van der Waals surface area contributed by atoms with Crippen LogP contribution in [0.5, 0.6) is 11.5 Å². The summed E-state index contributed by atoms with van der Waals surface area (Å²) in [5.74, 6) is 0.829. The number of carbonyl (C=O) groups is 3. The Bertz CT molecular complexity index is 1480. The lowest BCUT2D eigenvalue weighted by atomic mass is 9.94. The van der Waals surface area contributed by atoms with Crippen molar-refractivity contribution in [1.82, 2.24) is 9.80 Å². The summed E-state index contributed by atoms with van der Waals surface area (Å²) in [7, 11) is 0. The highest BCUT2D eigenvalue weighted by Crippen LogP contribution is 2.33. The van der Waals surface area contributed by atoms with Crippen LogP contribution in [0.2, 0.25) is 0 Å². The molecule has 6 rings (SSSR count). The number of amides is 3. The van der Waals surface area contributed by atoms with Gasteiger partial charge in [-0.05, 0) is 67.6 Å². The van der Waals surface area contributed by atoms with Gasteiger partial charge in [0, 0.05) is 56.2 Å². The van der Waals surface area contributed by atoms with E-state index in [-0.39, 0.29) is 30.4 Å². The number of hydrogen-bond acceptors (Lipinski definition) is 6. The molecule has 0 saturated carbocycles. The summed E-state index contributed by atoms with van der Waals surface area (Å²) >= 11 is 0. The number of ether oxygens (including phenoxy) is 2. The SMILES string of the molecule is CC[C@@H](C(=O)N1CCN(c2ccc(NC(=O)c3ccc4c(c3)OCO4)cc2C(=O)N2CCCCC2)CC1)c1ccccc1. The summed E-state index contributed by atoms with van der Waals surface area (Å²) in [6.07, 6.45) is 3.85. The van der Waals surface area contributed by atoms with Crippen LogP contribution in [0, 0.1) is 0 Å². The smallest absolute Gasteiger partial charge is 0.256 e. The minimum Gasteiger partial charge on any atom is -0.454 e. The molecular weight excluding hydrogens is 544 g/mol. The van der Waals surface area contributed by atoms with Crippen molar-refractivity contribution < 1.29 is 23.9 Å². The molecule has 0 unspecified atom stereocenters. The Balaban J connectivity index is 1.20. The van der Waals surface area contributed by atoms with Gasteiger partial charge in [0.25, 0.3) is 11.8 Å². The van der Waals surface area contributed by atoms with Crippen LogP contribution in [0.1, 0.15) is 64.8 Å². The third kappa shape index (κ3) is 6.16. The number of rotatable bonds is 7. The van der Waals surface area contributed by atoms with Crippen LogP contribution in [0.15, 0.2) is 66.7 Å². The van der Waals surface area contributed by atoms with E-state index in [2.05, 4.69) is 17.1 Å². The Morgan fingerprint density at radius 3 is 2.28 bits per heavy atom. The van der Waals surface area contributed by atoms with Crippen LogP contribution in [-0.4, -0.2) is 73.6 Å². The average Bonchev–Trinajstić information content (AvgIpc) is 3.54. The average molecular weight is 583 g/mol. The topological polar surface area (TPSA) is 91.4 Å². The summed E-state index contributed by atoms with van der Waals surface area (Å²) in [6, 6.07) is 20.6. The molecule has 1 N–H and O–H groups in total. The van der Waals surface area contributed by atoms with Gasteiger partial charge in [0.2, 0.25) is 12.7 Å². The van der Waals surface area contributed by atoms with E-state index >= 15 is 0 Å². The van der Waals surface area contributed by atoms with Gasteiger partial charge in [-0.3, -0.25) is 14.4 Å². The quantitative estimate of drug-likeness (QED) is 0.415. The molecule has 2 saturated heterocycles. The maximum Gasteiger partial charge on any atom is 0.256 e. The fraction of sp³-hybridized carbons (Fsp3) is 0.382. The van der Waals surface area contributed by atoms with E-state index in [0.717, 1.165) is 50.0 Å². The van der Waals surface area contributed by atoms with E-state index in [0.29, 0.717) is 54.5 Å². The summed E-state index contributed by atoms with van der Waals surface area (Å²) in [4.78, 5) is 46.5. The van der Waals surface area contributed by atoms with Crippen LogP contribution in [0.3, 0.4) is 0 Å². The van der Waals surface area contributed by atoms with Crippen LogP contribution in [0.4, 0.5) is 11.4 Å². The number of hydrogen-bond donors (Lipinski definition) is 1. The predicted molar refractivity (Wildman–Crippen MR) is 165 cm³/mol. The minimum absolute atomic E-state index is 0.0255. The number of nitrogens with one attached hydrogen (secondary N) is 1. The van der Waals surface area contributed by atoms with Crippen molar-refractivity contribution in [3.8, 4) is 11.5 Å². The molecule has 43 heavy (non-hydrogen) atoms. The first-order valence-electron chi connectivity index (χ1n) is 15.2. The molecule has 1 atom stereocenters. The monoisotopic (exact) mass is 582 g/mol. The predicted octanol–water partition coefficient (Wildman–Crippen LogP) is 5.14. The molecule has 3 aromatic carbocycles. The van der Waals surface area contributed by atoms with E-state index in [4.69, 9.17) is 9.47 Å². The fourth-order valence-electron chi connectivity index (χ4n) is 6.20. The third-order valence-electron chi connectivity index (χ3n) is 8.60. The molecular formula is C34H38N4O5. The van der Waals surface area contributed by atoms with Crippen LogP contribution < -0.4 is 19.7 Å². The van der Waals surface area contributed by atoms with Gasteiger partial charge in [-0.15, -0.1) is 0 Å². The summed E-state index contributed by atoms with van der Waals surface area (Å²) < 4.78 is 10.8. The number of nitrogens with zero attached hydrogens (tertiary/aromatic N) is 3. The van der Waals surface area contributed by atoms with Gasteiger partial charge in [0.05, 0.1) is 11.5 Å². The molecule has 3 aliphatic rings. The lowest BCUT2D eigenvalue weighted by Crippen LogP contribution is -2.50. The van der Waals surface area contributed by atoms with E-state index < -0.39 is 0 Å². The van der Waals surface area contributed by atoms with E-state index in [1.165, 1.54) is 0 Å². The summed E-state index contributed by atoms with van der Waals surface area (Å²) in [5.41, 5.74) is 3.44. The molecule has 0 radical (unpaired) electrons. The number of carbonyl (C=O) groups excluding carboxylic acids is 3. The number of benzene rings is 3. The first-order chi connectivity index (χ1) is 21.0. The molecule has 0 aliphatic carbocycles. The molecule has 3 aromatic rings. The zero-order valence-corrected chi connectivity index (χ0v) is 24.6. The highest BCUT2D eigenvalue weighted by molar-refractivity contribution is 6.06. The highest BCUT2D eigenvalue weighted by Gasteiger charge is 2.30. The minimum atomic E-state index is -0.293. The van der Waals surface area contributed by atoms with Gasteiger partial charge in [-0.2, -0.15) is 0 Å². The molecule has 0 spiro atoms. The van der Waals surface area contributed by atoms with Crippen LogP contribution >= 0.6 is 0 Å². The van der Waals surface area contributed by atoms with Gasteiger partial charge in [-0.25, -0.2) is 0 Å². The molecule has 0 bridgehead atoms. The van der Waals surface area contributed by atoms with Crippen molar-refractivity contribution in [2.24, 2.45) is 0 Å². The van der Waals surface area contributed by atoms with Crippen molar-refractivity contribution in [2.45, 2.75) is 38.5 Å². The number of fused-ring (bicyclic) bond motifs is 1. The number of piperazine rings is 1. The third-order valence-corrected chi connectivity index (χ3v) is 8.60. The molecule has 224 valence electrons. The van der Waals surface area contributed by atoms with Crippen molar-refractivity contribution in [3.05, 3.63) is 83.4 Å². The second-order valence-electron chi connectivity index (χ2n) is 11.3. The first kappa shape index (κ1) is 28.6. The second kappa shape index (κ2) is 12.8. The van der Waals surface area contributed by atoms with Crippen LogP contribution in [-0.2, 0) is 4.79 Å². The molecule has 9 heteroatoms. The Hall–Kier alpha value is -4.53. The molecule has 0 aromatic heterocycles. The molecule has 2 fully saturated rings. The standard InChI is InChI=1S/C34H38N4O5/c1-2-27(24-9-5-3-6-10-24)33(40)38-19-17-36(18-20-38)29-13-12-26(22-28(29)34(41)37-15-7-4-8-16-37)35-32(39)25-11-14-30-31(21-25)43-23-42-30/h3,5-6,9-14,21-22,27H,2,4,7-8,15-20,23H2,1H3,(H,35,39)/t27-/m1/s1. The van der Waals surface area contributed by atoms with Crippen LogP contribution in [0.25, 0.3) is 0 Å². The highest BCUT2D eigenvalue weighted by atomic mass is 16.7. The first-order valence-corrected chi connectivity index (χ1v) is 15.2. The zero-order valence-electron chi connectivity index (χ0n) is 24.6. The molecule has 3 heterocycles. The normalized spacial score (nSPS) is 17.0. The Morgan fingerprint density at radius 2 is 1.53 bits per heavy atom. The van der Waals surface area contributed by atoms with Gasteiger partial charge < -0.3 is 29.5 Å². The molecule has 9 nitrogen and oxygen atoms in total. The van der Waals surface area contributed by atoms with E-state index in [1.807, 2.05) is 52.3 Å². The Morgan fingerprint density at radius 1 is 0.791 bits per heavy atom.